The SMILES string of the molecule is COC1(c2ccnc(C(N)=O)c2)C2CCC1CN(C13CC(c4ccccc4)(C1)C3)C2. The molecule has 156 valence electrons. The average Bonchev–Trinajstić information content (AvgIpc) is 2.89. The number of fused-ring (bicyclic) bond motifs is 2. The van der Waals surface area contributed by atoms with Gasteiger partial charge < -0.3 is 10.5 Å². The first-order valence-corrected chi connectivity index (χ1v) is 11.1. The van der Waals surface area contributed by atoms with Crippen LogP contribution in [0.2, 0.25) is 0 Å². The number of piperidine rings is 1. The summed E-state index contributed by atoms with van der Waals surface area (Å²) in [6, 6.07) is 14.9. The maximum Gasteiger partial charge on any atom is 0.267 e. The topological polar surface area (TPSA) is 68.5 Å². The van der Waals surface area contributed by atoms with Crippen LogP contribution in [0.3, 0.4) is 0 Å². The van der Waals surface area contributed by atoms with E-state index < -0.39 is 5.91 Å². The van der Waals surface area contributed by atoms with Crippen LogP contribution < -0.4 is 5.73 Å². The number of nitrogens with two attached hydrogens (primary N) is 1. The molecule has 1 aliphatic heterocycles. The molecule has 30 heavy (non-hydrogen) atoms. The highest BCUT2D eigenvalue weighted by atomic mass is 16.5. The molecule has 7 rings (SSSR count). The third-order valence-corrected chi connectivity index (χ3v) is 8.82. The lowest BCUT2D eigenvalue weighted by molar-refractivity contribution is -0.213. The summed E-state index contributed by atoms with van der Waals surface area (Å²) in [7, 11) is 1.83. The Morgan fingerprint density at radius 3 is 2.33 bits per heavy atom. The number of rotatable bonds is 5. The standard InChI is InChI=1S/C25H29N3O2/c1-30-25(18-9-10-27-21(11-18)22(26)29)19-7-8-20(25)13-28(12-19)24-14-23(15-24,16-24)17-5-3-2-4-6-17/h2-6,9-11,19-20H,7-8,12-16H2,1H3,(H2,26,29). The van der Waals surface area contributed by atoms with Gasteiger partial charge in [-0.3, -0.25) is 14.7 Å². The van der Waals surface area contributed by atoms with Gasteiger partial charge in [0.2, 0.25) is 0 Å². The lowest BCUT2D eigenvalue weighted by Gasteiger charge is -2.75. The molecule has 5 fully saturated rings. The second-order valence-corrected chi connectivity index (χ2v) is 10.1. The van der Waals surface area contributed by atoms with Gasteiger partial charge in [-0.15, -0.1) is 0 Å². The van der Waals surface area contributed by atoms with Gasteiger partial charge in [0.1, 0.15) is 11.3 Å². The van der Waals surface area contributed by atoms with Crippen molar-refractivity contribution >= 4 is 5.91 Å². The number of likely N-dealkylation sites (tertiary alicyclic amines) is 1. The summed E-state index contributed by atoms with van der Waals surface area (Å²) in [4.78, 5) is 18.6. The van der Waals surface area contributed by atoms with Crippen LogP contribution in [-0.4, -0.2) is 41.5 Å². The number of primary amides is 1. The fraction of sp³-hybridized carbons (Fsp3) is 0.520. The van der Waals surface area contributed by atoms with Crippen LogP contribution in [0.15, 0.2) is 48.7 Å². The summed E-state index contributed by atoms with van der Waals surface area (Å²) < 4.78 is 6.29. The number of hydrogen-bond acceptors (Lipinski definition) is 4. The predicted molar refractivity (Wildman–Crippen MR) is 114 cm³/mol. The maximum atomic E-state index is 11.7. The number of benzene rings is 1. The monoisotopic (exact) mass is 403 g/mol. The van der Waals surface area contributed by atoms with Crippen molar-refractivity contribution in [1.29, 1.82) is 0 Å². The van der Waals surface area contributed by atoms with Crippen LogP contribution in [0.5, 0.6) is 0 Å². The van der Waals surface area contributed by atoms with Gasteiger partial charge in [-0.25, -0.2) is 0 Å². The zero-order valence-corrected chi connectivity index (χ0v) is 17.5. The highest BCUT2D eigenvalue weighted by molar-refractivity contribution is 5.90. The van der Waals surface area contributed by atoms with Crippen molar-refractivity contribution < 1.29 is 9.53 Å². The molecule has 4 aliphatic carbocycles. The minimum atomic E-state index is -0.479. The summed E-state index contributed by atoms with van der Waals surface area (Å²) in [5.74, 6) is 0.394. The molecule has 4 bridgehead atoms. The van der Waals surface area contributed by atoms with E-state index in [4.69, 9.17) is 10.5 Å². The minimum absolute atomic E-state index is 0.329. The van der Waals surface area contributed by atoms with E-state index in [1.807, 2.05) is 19.2 Å². The number of methoxy groups -OCH3 is 1. The summed E-state index contributed by atoms with van der Waals surface area (Å²) in [6.45, 7) is 2.15. The summed E-state index contributed by atoms with van der Waals surface area (Å²) in [5.41, 5.74) is 8.92. The molecule has 5 heteroatoms. The Hall–Kier alpha value is -2.24. The van der Waals surface area contributed by atoms with Gasteiger partial charge in [-0.1, -0.05) is 30.3 Å². The van der Waals surface area contributed by atoms with Gasteiger partial charge in [0, 0.05) is 49.2 Å². The summed E-state index contributed by atoms with van der Waals surface area (Å²) >= 11 is 0. The van der Waals surface area contributed by atoms with Crippen LogP contribution in [0.4, 0.5) is 0 Å². The van der Waals surface area contributed by atoms with E-state index in [1.54, 1.807) is 6.20 Å². The first-order valence-electron chi connectivity index (χ1n) is 11.1. The molecule has 5 nitrogen and oxygen atoms in total. The van der Waals surface area contributed by atoms with Gasteiger partial charge in [0.15, 0.2) is 0 Å². The number of nitrogens with zero attached hydrogens (tertiary/aromatic N) is 2. The molecule has 5 aliphatic rings. The number of ether oxygens (including phenoxy) is 1. The number of hydrogen-bond donors (Lipinski definition) is 1. The molecule has 2 atom stereocenters. The number of pyridine rings is 1. The second kappa shape index (κ2) is 6.14. The molecule has 1 aromatic heterocycles. The van der Waals surface area contributed by atoms with Crippen molar-refractivity contribution in [3.05, 3.63) is 65.5 Å². The molecule has 2 heterocycles. The molecule has 2 aromatic rings. The molecule has 1 aromatic carbocycles. The van der Waals surface area contributed by atoms with E-state index in [0.717, 1.165) is 18.7 Å². The molecule has 1 amide bonds. The van der Waals surface area contributed by atoms with Crippen LogP contribution >= 0.6 is 0 Å². The lowest BCUT2D eigenvalue weighted by Crippen LogP contribution is -2.78. The van der Waals surface area contributed by atoms with Gasteiger partial charge in [0.25, 0.3) is 5.91 Å². The molecule has 0 radical (unpaired) electrons. The fourth-order valence-corrected chi connectivity index (χ4v) is 7.51. The Balaban J connectivity index is 1.25. The quantitative estimate of drug-likeness (QED) is 0.832. The highest BCUT2D eigenvalue weighted by Crippen LogP contribution is 2.71. The number of carbonyl (C=O) groups is 1. The van der Waals surface area contributed by atoms with E-state index >= 15 is 0 Å². The fourth-order valence-electron chi connectivity index (χ4n) is 7.51. The zero-order valence-electron chi connectivity index (χ0n) is 17.5. The largest absolute Gasteiger partial charge is 0.373 e. The van der Waals surface area contributed by atoms with Crippen molar-refractivity contribution in [2.24, 2.45) is 17.6 Å². The predicted octanol–water partition coefficient (Wildman–Crippen LogP) is 3.24. The number of carbonyl (C=O) groups excluding carboxylic acids is 1. The molecule has 0 spiro atoms. The molecule has 4 saturated carbocycles. The smallest absolute Gasteiger partial charge is 0.267 e. The second-order valence-electron chi connectivity index (χ2n) is 10.1. The molecule has 2 unspecified atom stereocenters. The van der Waals surface area contributed by atoms with E-state index in [9.17, 15) is 4.79 Å². The Kier molecular flexibility index (Phi) is 3.79. The third kappa shape index (κ3) is 2.25. The minimum Gasteiger partial charge on any atom is -0.373 e. The number of aromatic nitrogens is 1. The number of amides is 1. The zero-order chi connectivity index (χ0) is 20.6. The molecular weight excluding hydrogens is 374 g/mol. The van der Waals surface area contributed by atoms with Crippen LogP contribution in [0.25, 0.3) is 0 Å². The molecular formula is C25H29N3O2. The molecule has 2 N–H and O–H groups in total. The summed E-state index contributed by atoms with van der Waals surface area (Å²) in [5, 5.41) is 0. The van der Waals surface area contributed by atoms with E-state index in [1.165, 1.54) is 37.7 Å². The van der Waals surface area contributed by atoms with E-state index in [2.05, 4.69) is 40.2 Å². The van der Waals surface area contributed by atoms with Crippen molar-refractivity contribution in [2.45, 2.75) is 48.7 Å². The summed E-state index contributed by atoms with van der Waals surface area (Å²) in [6.07, 6.45) is 7.93. The van der Waals surface area contributed by atoms with Crippen molar-refractivity contribution in [2.75, 3.05) is 20.2 Å². The van der Waals surface area contributed by atoms with Gasteiger partial charge in [0.05, 0.1) is 0 Å². The Morgan fingerprint density at radius 2 is 1.73 bits per heavy atom. The van der Waals surface area contributed by atoms with E-state index in [0.29, 0.717) is 28.5 Å². The Bertz CT molecular complexity index is 971. The van der Waals surface area contributed by atoms with Gasteiger partial charge in [-0.2, -0.15) is 0 Å². The Morgan fingerprint density at radius 1 is 1.07 bits per heavy atom. The highest BCUT2D eigenvalue weighted by Gasteiger charge is 2.72. The normalized spacial score (nSPS) is 39.2. The third-order valence-electron chi connectivity index (χ3n) is 8.82. The first kappa shape index (κ1) is 18.5. The van der Waals surface area contributed by atoms with Crippen LogP contribution in [0.1, 0.15) is 53.7 Å². The van der Waals surface area contributed by atoms with Crippen LogP contribution in [0, 0.1) is 11.8 Å². The van der Waals surface area contributed by atoms with Gasteiger partial charge in [-0.05, 0) is 55.4 Å². The Labute approximate surface area is 177 Å². The van der Waals surface area contributed by atoms with E-state index in [-0.39, 0.29) is 5.60 Å². The van der Waals surface area contributed by atoms with Gasteiger partial charge >= 0.3 is 0 Å². The lowest BCUT2D eigenvalue weighted by atomic mass is 9.36. The van der Waals surface area contributed by atoms with Crippen molar-refractivity contribution in [3.63, 3.8) is 0 Å². The van der Waals surface area contributed by atoms with Crippen molar-refractivity contribution in [1.82, 2.24) is 9.88 Å². The average molecular weight is 404 g/mol. The maximum absolute atomic E-state index is 11.7. The first-order chi connectivity index (χ1) is 14.5. The molecule has 1 saturated heterocycles. The van der Waals surface area contributed by atoms with Crippen LogP contribution in [-0.2, 0) is 15.8 Å². The van der Waals surface area contributed by atoms with Crippen molar-refractivity contribution in [3.8, 4) is 0 Å².